The maximum Gasteiger partial charge on any atom is 0.329 e. The van der Waals surface area contributed by atoms with Gasteiger partial charge in [-0.05, 0) is 114 Å². The Morgan fingerprint density at radius 1 is 0.877 bits per heavy atom. The van der Waals surface area contributed by atoms with Crippen molar-refractivity contribution in [1.29, 1.82) is 0 Å². The van der Waals surface area contributed by atoms with Gasteiger partial charge < -0.3 is 54.1 Å². The first-order valence-corrected chi connectivity index (χ1v) is 26.5. The fourth-order valence-electron chi connectivity index (χ4n) is 10.8. The lowest BCUT2D eigenvalue weighted by molar-refractivity contribution is -0.265. The highest BCUT2D eigenvalue weighted by Crippen LogP contribution is 2.38. The Morgan fingerprint density at radius 3 is 2.22 bits per heavy atom. The van der Waals surface area contributed by atoms with Gasteiger partial charge in [-0.3, -0.25) is 24.0 Å². The van der Waals surface area contributed by atoms with Crippen LogP contribution in [0.2, 0.25) is 0 Å². The molecule has 17 nitrogen and oxygen atoms in total. The summed E-state index contributed by atoms with van der Waals surface area (Å²) in [5, 5.41) is 53.4. The molecule has 1 saturated carbocycles. The van der Waals surface area contributed by atoms with Gasteiger partial charge in [0.25, 0.3) is 11.7 Å². The minimum absolute atomic E-state index is 0.0330. The predicted molar refractivity (Wildman–Crippen MR) is 271 cm³/mol. The molecule has 0 aromatic rings. The lowest BCUT2D eigenvalue weighted by Crippen LogP contribution is -2.61. The summed E-state index contributed by atoms with van der Waals surface area (Å²) in [4.78, 5) is 85.3. The summed E-state index contributed by atoms with van der Waals surface area (Å²) in [6.45, 7) is 12.0. The zero-order chi connectivity index (χ0) is 54.4. The first-order chi connectivity index (χ1) is 34.5. The number of nitrogens with zero attached hydrogens (tertiary/aromatic N) is 1. The zero-order valence-electron chi connectivity index (χ0n) is 45.0. The molecule has 15 atom stereocenters. The number of Topliss-reactive ketones (excluding diaryl/α,β-unsaturated/α-hetero) is 3. The van der Waals surface area contributed by atoms with Crippen molar-refractivity contribution in [1.82, 2.24) is 4.90 Å². The molecule has 17 heteroatoms. The largest absolute Gasteiger partial charge is 0.460 e. The van der Waals surface area contributed by atoms with Crippen LogP contribution >= 0.6 is 0 Å². The Kier molecular flexibility index (Phi) is 23.9. The van der Waals surface area contributed by atoms with E-state index >= 15 is 0 Å². The molecule has 4 aliphatic rings. The SMILES string of the molecule is CO[C@H]1C[C@@H]2CC[C@@H](C)[C@@](O)(O2)C(=O)C(=O)N2CCCC[C@H]2C(=O)O[C@H]([C@H](C)C[C@@H]2CC[C@@H](OC(=O)C(C)(CO)CO)[C@H](OC)C2)CC(=O)[C@H](C)/C=C(\C)[C@@H](O)[C@@H](CO)C(=O)[C@H](C)C[C@H](C)/C=C/C=CC=C1C. The van der Waals surface area contributed by atoms with E-state index in [-0.39, 0.29) is 49.2 Å². The summed E-state index contributed by atoms with van der Waals surface area (Å²) >= 11 is 0. The second kappa shape index (κ2) is 28.3. The normalized spacial score (nSPS) is 36.3. The second-order valence-corrected chi connectivity index (χ2v) is 22.0. The zero-order valence-corrected chi connectivity index (χ0v) is 45.0. The summed E-state index contributed by atoms with van der Waals surface area (Å²) in [7, 11) is 3.06. The molecule has 73 heavy (non-hydrogen) atoms. The van der Waals surface area contributed by atoms with Crippen molar-refractivity contribution in [2.24, 2.45) is 46.8 Å². The molecule has 4 rings (SSSR count). The minimum Gasteiger partial charge on any atom is -0.460 e. The molecule has 3 fully saturated rings. The third-order valence-electron chi connectivity index (χ3n) is 16.0. The van der Waals surface area contributed by atoms with Gasteiger partial charge in [-0.2, -0.15) is 0 Å². The molecule has 2 saturated heterocycles. The van der Waals surface area contributed by atoms with Crippen molar-refractivity contribution in [3.63, 3.8) is 0 Å². The number of carbonyl (C=O) groups is 6. The summed E-state index contributed by atoms with van der Waals surface area (Å²) in [5.74, 6) is -10.7. The molecule has 0 aromatic carbocycles. The maximum absolute atomic E-state index is 14.5. The van der Waals surface area contributed by atoms with E-state index in [1.165, 1.54) is 14.0 Å². The Labute approximate surface area is 432 Å². The van der Waals surface area contributed by atoms with Gasteiger partial charge in [-0.25, -0.2) is 4.79 Å². The molecule has 2 bridgehead atoms. The van der Waals surface area contributed by atoms with Crippen LogP contribution in [-0.2, 0) is 52.5 Å². The van der Waals surface area contributed by atoms with Crippen molar-refractivity contribution in [2.45, 2.75) is 181 Å². The van der Waals surface area contributed by atoms with Crippen LogP contribution in [0.1, 0.15) is 132 Å². The van der Waals surface area contributed by atoms with Gasteiger partial charge in [-0.15, -0.1) is 0 Å². The third-order valence-corrected chi connectivity index (χ3v) is 16.0. The smallest absolute Gasteiger partial charge is 0.329 e. The number of ketones is 3. The van der Waals surface area contributed by atoms with E-state index in [1.807, 2.05) is 51.2 Å². The minimum atomic E-state index is -2.47. The van der Waals surface area contributed by atoms with Crippen LogP contribution in [0, 0.1) is 46.8 Å². The average Bonchev–Trinajstić information content (AvgIpc) is 3.37. The standard InChI is InChI=1S/C56H87NO16/c1-33-16-12-11-13-17-34(2)46(69-9)28-41-21-19-39(7)56(68,73-41)51(64)52(65)57-23-15-14-18-43(57)53(66)71-47(29-44(61)35(3)25-38(6)50(63)42(30-58)49(62)37(5)24-33)36(4)26-40-20-22-45(48(27-40)70-10)72-54(67)55(8,31-59)32-60/h11-13,16-17,25,33,35-37,39-43,45-48,50,58-60,63,68H,14-15,18-24,26-32H2,1-10H3/b13-11?,16-12+,34-17?,38-25+/t33-,35-,36-,37-,39-,40+,41+,42+,43+,45-,46+,47+,48-,50-,56-/m1/s1. The molecule has 0 aromatic heterocycles. The maximum atomic E-state index is 14.5. The number of piperidine rings is 1. The van der Waals surface area contributed by atoms with E-state index in [2.05, 4.69) is 0 Å². The molecule has 0 unspecified atom stereocenters. The molecular weight excluding hydrogens is 943 g/mol. The van der Waals surface area contributed by atoms with Gasteiger partial charge in [0.1, 0.15) is 35.2 Å². The number of amides is 1. The number of allylic oxidation sites excluding steroid dienone is 6. The Morgan fingerprint density at radius 2 is 1.58 bits per heavy atom. The number of aliphatic hydroxyl groups excluding tert-OH is 4. The number of fused-ring (bicyclic) bond motifs is 3. The van der Waals surface area contributed by atoms with E-state index in [4.69, 9.17) is 23.7 Å². The summed E-state index contributed by atoms with van der Waals surface area (Å²) in [6.07, 6.45) is 10.6. The number of rotatable bonds is 10. The highest BCUT2D eigenvalue weighted by Gasteiger charge is 2.53. The lowest BCUT2D eigenvalue weighted by Gasteiger charge is -2.42. The predicted octanol–water partition coefficient (Wildman–Crippen LogP) is 5.32. The van der Waals surface area contributed by atoms with Crippen LogP contribution in [0.4, 0.5) is 0 Å². The van der Waals surface area contributed by atoms with Crippen LogP contribution in [-0.4, -0.2) is 155 Å². The third kappa shape index (κ3) is 16.0. The fourth-order valence-corrected chi connectivity index (χ4v) is 10.8. The van der Waals surface area contributed by atoms with Crippen LogP contribution in [0.15, 0.2) is 47.6 Å². The second-order valence-electron chi connectivity index (χ2n) is 22.0. The molecule has 5 N–H and O–H groups in total. The van der Waals surface area contributed by atoms with Crippen molar-refractivity contribution in [3.8, 4) is 0 Å². The summed E-state index contributed by atoms with van der Waals surface area (Å²) < 4.78 is 29.8. The van der Waals surface area contributed by atoms with Crippen LogP contribution in [0.3, 0.4) is 0 Å². The van der Waals surface area contributed by atoms with E-state index in [9.17, 15) is 54.3 Å². The molecular formula is C56H87NO16. The molecule has 0 radical (unpaired) electrons. The Balaban J connectivity index is 1.69. The molecule has 412 valence electrons. The van der Waals surface area contributed by atoms with Crippen LogP contribution < -0.4 is 0 Å². The summed E-state index contributed by atoms with van der Waals surface area (Å²) in [6, 6.07) is -1.21. The fraction of sp³-hybridized carbons (Fsp3) is 0.750. The average molecular weight is 1030 g/mol. The van der Waals surface area contributed by atoms with Crippen molar-refractivity contribution in [3.05, 3.63) is 47.6 Å². The number of hydrogen-bond donors (Lipinski definition) is 5. The van der Waals surface area contributed by atoms with Gasteiger partial charge in [-0.1, -0.05) is 71.1 Å². The van der Waals surface area contributed by atoms with Gasteiger partial charge in [0, 0.05) is 51.4 Å². The van der Waals surface area contributed by atoms with Gasteiger partial charge in [0.2, 0.25) is 5.79 Å². The van der Waals surface area contributed by atoms with Crippen LogP contribution in [0.5, 0.6) is 0 Å². The topological polar surface area (TPSA) is 253 Å². The number of cyclic esters (lactones) is 1. The first-order valence-electron chi connectivity index (χ1n) is 26.5. The monoisotopic (exact) mass is 1030 g/mol. The highest BCUT2D eigenvalue weighted by molar-refractivity contribution is 6.39. The number of carbonyl (C=O) groups excluding carboxylic acids is 6. The number of methoxy groups -OCH3 is 2. The quantitative estimate of drug-likeness (QED) is 0.106. The molecule has 1 aliphatic carbocycles. The van der Waals surface area contributed by atoms with Gasteiger partial charge >= 0.3 is 11.9 Å². The van der Waals surface area contributed by atoms with Crippen molar-refractivity contribution >= 4 is 35.2 Å². The Bertz CT molecular complexity index is 2010. The van der Waals surface area contributed by atoms with Gasteiger partial charge in [0.05, 0.1) is 50.2 Å². The van der Waals surface area contributed by atoms with Crippen LogP contribution in [0.25, 0.3) is 0 Å². The molecule has 0 spiro atoms. The highest BCUT2D eigenvalue weighted by atomic mass is 16.6. The number of hydrogen-bond acceptors (Lipinski definition) is 16. The van der Waals surface area contributed by atoms with Crippen molar-refractivity contribution in [2.75, 3.05) is 40.6 Å². The van der Waals surface area contributed by atoms with Gasteiger partial charge in [0.15, 0.2) is 0 Å². The van der Waals surface area contributed by atoms with E-state index in [0.29, 0.717) is 63.4 Å². The molecule has 3 aliphatic heterocycles. The van der Waals surface area contributed by atoms with E-state index in [1.54, 1.807) is 40.9 Å². The number of ether oxygens (including phenoxy) is 5. The Hall–Kier alpha value is -3.94. The number of aliphatic hydroxyl groups is 5. The van der Waals surface area contributed by atoms with E-state index in [0.717, 1.165) is 10.5 Å². The van der Waals surface area contributed by atoms with Crippen molar-refractivity contribution < 1.29 is 78.0 Å². The molecule has 1 amide bonds. The number of esters is 2. The first kappa shape index (κ1) is 61.6. The summed E-state index contributed by atoms with van der Waals surface area (Å²) in [5.41, 5.74) is -0.327. The van der Waals surface area contributed by atoms with E-state index < -0.39 is 127 Å². The molecule has 3 heterocycles. The lowest BCUT2D eigenvalue weighted by atomic mass is 9.78.